The Morgan fingerprint density at radius 3 is 2.60 bits per heavy atom. The third kappa shape index (κ3) is 3.47. The van der Waals surface area contributed by atoms with Crippen LogP contribution in [0, 0.1) is 0 Å². The molecule has 0 aliphatic rings. The maximum Gasteiger partial charge on any atom is 0.313 e. The van der Waals surface area contributed by atoms with Crippen LogP contribution in [-0.4, -0.2) is 18.4 Å². The molecule has 3 nitrogen and oxygen atoms in total. The van der Waals surface area contributed by atoms with Gasteiger partial charge in [-0.05, 0) is 13.0 Å². The van der Waals surface area contributed by atoms with Crippen LogP contribution in [0.5, 0.6) is 0 Å². The number of esters is 1. The molecule has 1 aromatic rings. The van der Waals surface area contributed by atoms with Crippen molar-refractivity contribution in [1.82, 2.24) is 0 Å². The quantitative estimate of drug-likeness (QED) is 0.480. The second kappa shape index (κ2) is 5.66. The standard InChI is InChI=1S/C11H11BrO3/c1-2-15-11(14)7-10(13)8-5-3-4-6-9(8)12/h3-6H,2,7H2,1H3. The van der Waals surface area contributed by atoms with Gasteiger partial charge < -0.3 is 4.74 Å². The summed E-state index contributed by atoms with van der Waals surface area (Å²) in [5, 5.41) is 0. The molecule has 0 amide bonds. The van der Waals surface area contributed by atoms with Gasteiger partial charge >= 0.3 is 5.97 Å². The van der Waals surface area contributed by atoms with Crippen molar-refractivity contribution in [2.75, 3.05) is 6.61 Å². The van der Waals surface area contributed by atoms with Crippen LogP contribution in [0.4, 0.5) is 0 Å². The first-order valence-electron chi connectivity index (χ1n) is 4.58. The smallest absolute Gasteiger partial charge is 0.313 e. The molecule has 0 spiro atoms. The monoisotopic (exact) mass is 270 g/mol. The number of hydrogen-bond acceptors (Lipinski definition) is 3. The number of carbonyl (C=O) groups excluding carboxylic acids is 2. The lowest BCUT2D eigenvalue weighted by Crippen LogP contribution is -2.11. The van der Waals surface area contributed by atoms with Crippen LogP contribution in [0.1, 0.15) is 23.7 Å². The zero-order valence-electron chi connectivity index (χ0n) is 8.33. The van der Waals surface area contributed by atoms with Crippen molar-refractivity contribution in [3.8, 4) is 0 Å². The number of ketones is 1. The van der Waals surface area contributed by atoms with E-state index in [1.165, 1.54) is 0 Å². The van der Waals surface area contributed by atoms with Gasteiger partial charge in [-0.3, -0.25) is 9.59 Å². The molecule has 0 unspecified atom stereocenters. The highest BCUT2D eigenvalue weighted by Crippen LogP contribution is 2.17. The summed E-state index contributed by atoms with van der Waals surface area (Å²) in [7, 11) is 0. The first-order valence-corrected chi connectivity index (χ1v) is 5.37. The van der Waals surface area contributed by atoms with Crippen LogP contribution in [0.3, 0.4) is 0 Å². The van der Waals surface area contributed by atoms with Crippen LogP contribution in [0.2, 0.25) is 0 Å². The summed E-state index contributed by atoms with van der Waals surface area (Å²) in [4.78, 5) is 22.7. The lowest BCUT2D eigenvalue weighted by Gasteiger charge is -2.03. The van der Waals surface area contributed by atoms with E-state index < -0.39 is 5.97 Å². The second-order valence-electron chi connectivity index (χ2n) is 2.88. The number of rotatable bonds is 4. The number of Topliss-reactive ketones (excluding diaryl/α,β-unsaturated/α-hetero) is 1. The van der Waals surface area contributed by atoms with Crippen molar-refractivity contribution >= 4 is 27.7 Å². The van der Waals surface area contributed by atoms with Gasteiger partial charge in [-0.1, -0.05) is 34.1 Å². The Morgan fingerprint density at radius 1 is 1.33 bits per heavy atom. The van der Waals surface area contributed by atoms with Crippen molar-refractivity contribution < 1.29 is 14.3 Å². The van der Waals surface area contributed by atoms with Gasteiger partial charge in [0, 0.05) is 10.0 Å². The van der Waals surface area contributed by atoms with E-state index in [4.69, 9.17) is 4.74 Å². The van der Waals surface area contributed by atoms with Gasteiger partial charge in [-0.15, -0.1) is 0 Å². The Bertz CT molecular complexity index is 374. The van der Waals surface area contributed by atoms with E-state index >= 15 is 0 Å². The molecule has 4 heteroatoms. The zero-order valence-corrected chi connectivity index (χ0v) is 9.91. The van der Waals surface area contributed by atoms with Crippen molar-refractivity contribution in [3.05, 3.63) is 34.3 Å². The molecule has 0 aliphatic carbocycles. The number of ether oxygens (including phenoxy) is 1. The largest absolute Gasteiger partial charge is 0.466 e. The van der Waals surface area contributed by atoms with Crippen molar-refractivity contribution in [2.45, 2.75) is 13.3 Å². The summed E-state index contributed by atoms with van der Waals surface area (Å²) in [5.41, 5.74) is 0.505. The molecule has 0 saturated heterocycles. The van der Waals surface area contributed by atoms with Gasteiger partial charge in [-0.2, -0.15) is 0 Å². The van der Waals surface area contributed by atoms with Crippen LogP contribution >= 0.6 is 15.9 Å². The molecular formula is C11H11BrO3. The molecule has 0 saturated carbocycles. The number of hydrogen-bond donors (Lipinski definition) is 0. The summed E-state index contributed by atoms with van der Waals surface area (Å²) < 4.78 is 5.39. The zero-order chi connectivity index (χ0) is 11.3. The molecule has 0 fully saturated rings. The first kappa shape index (κ1) is 11.9. The van der Waals surface area contributed by atoms with E-state index in [-0.39, 0.29) is 12.2 Å². The fourth-order valence-electron chi connectivity index (χ4n) is 1.13. The van der Waals surface area contributed by atoms with Crippen molar-refractivity contribution in [2.24, 2.45) is 0 Å². The highest BCUT2D eigenvalue weighted by atomic mass is 79.9. The molecule has 0 radical (unpaired) electrons. The average Bonchev–Trinajstić information content (AvgIpc) is 2.18. The normalized spacial score (nSPS) is 9.73. The van der Waals surface area contributed by atoms with Crippen molar-refractivity contribution in [3.63, 3.8) is 0 Å². The molecule has 1 aromatic carbocycles. The number of halogens is 1. The SMILES string of the molecule is CCOC(=O)CC(=O)c1ccccc1Br. The fourth-order valence-corrected chi connectivity index (χ4v) is 1.63. The molecule has 80 valence electrons. The van der Waals surface area contributed by atoms with Crippen LogP contribution in [0.15, 0.2) is 28.7 Å². The predicted octanol–water partition coefficient (Wildman–Crippen LogP) is 2.59. The Balaban J connectivity index is 2.70. The minimum Gasteiger partial charge on any atom is -0.466 e. The maximum absolute atomic E-state index is 11.6. The van der Waals surface area contributed by atoms with Crippen molar-refractivity contribution in [1.29, 1.82) is 0 Å². The molecule has 0 heterocycles. The van der Waals surface area contributed by atoms with E-state index in [1.54, 1.807) is 25.1 Å². The number of benzene rings is 1. The second-order valence-corrected chi connectivity index (χ2v) is 3.74. The van der Waals surface area contributed by atoms with E-state index in [0.29, 0.717) is 16.6 Å². The Labute approximate surface area is 96.6 Å². The van der Waals surface area contributed by atoms with Crippen LogP contribution in [-0.2, 0) is 9.53 Å². The topological polar surface area (TPSA) is 43.4 Å². The lowest BCUT2D eigenvalue weighted by molar-refractivity contribution is -0.141. The van der Waals surface area contributed by atoms with Gasteiger partial charge in [0.25, 0.3) is 0 Å². The number of carbonyl (C=O) groups is 2. The minimum atomic E-state index is -0.488. The first-order chi connectivity index (χ1) is 7.15. The third-order valence-corrected chi connectivity index (χ3v) is 2.48. The predicted molar refractivity (Wildman–Crippen MR) is 59.7 cm³/mol. The molecule has 15 heavy (non-hydrogen) atoms. The Kier molecular flexibility index (Phi) is 4.49. The molecule has 0 atom stereocenters. The average molecular weight is 271 g/mol. The maximum atomic E-state index is 11.6. The fraction of sp³-hybridized carbons (Fsp3) is 0.273. The summed E-state index contributed by atoms with van der Waals surface area (Å²) in [6, 6.07) is 7.00. The molecule has 0 N–H and O–H groups in total. The molecule has 0 aliphatic heterocycles. The Hall–Kier alpha value is -1.16. The molecule has 0 aromatic heterocycles. The Morgan fingerprint density at radius 2 is 2.00 bits per heavy atom. The third-order valence-electron chi connectivity index (χ3n) is 1.78. The highest BCUT2D eigenvalue weighted by molar-refractivity contribution is 9.10. The van der Waals surface area contributed by atoms with E-state index in [2.05, 4.69) is 15.9 Å². The van der Waals surface area contributed by atoms with Crippen LogP contribution < -0.4 is 0 Å². The van der Waals surface area contributed by atoms with Gasteiger partial charge in [-0.25, -0.2) is 0 Å². The summed E-state index contributed by atoms with van der Waals surface area (Å²) in [6.45, 7) is 2.00. The highest BCUT2D eigenvalue weighted by Gasteiger charge is 2.14. The van der Waals surface area contributed by atoms with Gasteiger partial charge in [0.05, 0.1) is 6.61 Å². The van der Waals surface area contributed by atoms with E-state index in [1.807, 2.05) is 6.07 Å². The molecule has 0 bridgehead atoms. The lowest BCUT2D eigenvalue weighted by atomic mass is 10.1. The summed E-state index contributed by atoms with van der Waals surface area (Å²) in [6.07, 6.45) is -0.212. The molecular weight excluding hydrogens is 260 g/mol. The minimum absolute atomic E-state index is 0.212. The van der Waals surface area contributed by atoms with E-state index in [9.17, 15) is 9.59 Å². The van der Waals surface area contributed by atoms with Crippen LogP contribution in [0.25, 0.3) is 0 Å². The van der Waals surface area contributed by atoms with E-state index in [0.717, 1.165) is 0 Å². The summed E-state index contributed by atoms with van der Waals surface area (Å²) >= 11 is 3.25. The van der Waals surface area contributed by atoms with Gasteiger partial charge in [0.1, 0.15) is 6.42 Å². The van der Waals surface area contributed by atoms with Gasteiger partial charge in [0.2, 0.25) is 0 Å². The molecule has 1 rings (SSSR count). The summed E-state index contributed by atoms with van der Waals surface area (Å²) in [5.74, 6) is -0.723. The van der Waals surface area contributed by atoms with Gasteiger partial charge in [0.15, 0.2) is 5.78 Å².